The molecule has 0 saturated heterocycles. The molecule has 1 aromatic rings. The van der Waals surface area contributed by atoms with E-state index >= 15 is 0 Å². The molecule has 1 aliphatic rings. The number of carbonyl (C=O) groups excluding carboxylic acids is 1. The largest absolute Gasteiger partial charge is 0.486 e. The van der Waals surface area contributed by atoms with E-state index in [4.69, 9.17) is 4.74 Å². The molecule has 1 aromatic carbocycles. The van der Waals surface area contributed by atoms with E-state index < -0.39 is 0 Å². The molecule has 0 N–H and O–H groups in total. The average Bonchev–Trinajstić information content (AvgIpc) is 2.46. The number of carbonyl (C=O) groups is 1. The van der Waals surface area contributed by atoms with Crippen LogP contribution in [0.15, 0.2) is 24.3 Å². The number of hydrogen-bond donors (Lipinski definition) is 0. The first kappa shape index (κ1) is 13.1. The normalized spacial score (nSPS) is 16.5. The van der Waals surface area contributed by atoms with E-state index in [2.05, 4.69) is 13.0 Å². The zero-order chi connectivity index (χ0) is 12.8. The van der Waals surface area contributed by atoms with Crippen LogP contribution in [0.25, 0.3) is 0 Å². The molecule has 2 nitrogen and oxygen atoms in total. The van der Waals surface area contributed by atoms with Gasteiger partial charge in [0.15, 0.2) is 5.78 Å². The van der Waals surface area contributed by atoms with E-state index in [0.29, 0.717) is 0 Å². The molecule has 2 heteroatoms. The first-order chi connectivity index (χ1) is 8.79. The maximum Gasteiger partial charge on any atom is 0.173 e. The summed E-state index contributed by atoms with van der Waals surface area (Å²) >= 11 is 0. The lowest BCUT2D eigenvalue weighted by Crippen LogP contribution is -2.23. The highest BCUT2D eigenvalue weighted by Gasteiger charge is 2.21. The second kappa shape index (κ2) is 6.58. The van der Waals surface area contributed by atoms with Crippen molar-refractivity contribution < 1.29 is 9.53 Å². The van der Waals surface area contributed by atoms with Crippen molar-refractivity contribution in [2.24, 2.45) is 5.92 Å². The lowest BCUT2D eigenvalue weighted by atomic mass is 9.86. The van der Waals surface area contributed by atoms with Crippen LogP contribution in [-0.4, -0.2) is 12.4 Å². The van der Waals surface area contributed by atoms with Crippen LogP contribution in [0.5, 0.6) is 5.75 Å². The zero-order valence-corrected chi connectivity index (χ0v) is 11.2. The topological polar surface area (TPSA) is 26.3 Å². The first-order valence-electron chi connectivity index (χ1n) is 7.04. The lowest BCUT2D eigenvalue weighted by molar-refractivity contribution is -0.125. The van der Waals surface area contributed by atoms with Crippen molar-refractivity contribution in [3.05, 3.63) is 29.8 Å². The van der Waals surface area contributed by atoms with E-state index in [-0.39, 0.29) is 18.3 Å². The maximum atomic E-state index is 12.0. The summed E-state index contributed by atoms with van der Waals surface area (Å²) in [6.45, 7) is 2.35. The van der Waals surface area contributed by atoms with Crippen molar-refractivity contribution in [2.45, 2.75) is 45.4 Å². The van der Waals surface area contributed by atoms with Gasteiger partial charge in [-0.2, -0.15) is 0 Å². The van der Waals surface area contributed by atoms with Crippen LogP contribution in [0.1, 0.15) is 44.6 Å². The summed E-state index contributed by atoms with van der Waals surface area (Å²) in [5.41, 5.74) is 1.25. The second-order valence-corrected chi connectivity index (χ2v) is 5.09. The predicted octanol–water partition coefficient (Wildman–Crippen LogP) is 3.78. The quantitative estimate of drug-likeness (QED) is 0.790. The molecular formula is C16H22O2. The van der Waals surface area contributed by atoms with Gasteiger partial charge in [-0.25, -0.2) is 0 Å². The Labute approximate surface area is 109 Å². The third-order valence-corrected chi connectivity index (χ3v) is 3.75. The molecule has 0 aliphatic heterocycles. The minimum absolute atomic E-state index is 0.234. The Hall–Kier alpha value is -1.31. The minimum atomic E-state index is 0.234. The van der Waals surface area contributed by atoms with Gasteiger partial charge in [0.2, 0.25) is 0 Å². The van der Waals surface area contributed by atoms with Gasteiger partial charge in [0.25, 0.3) is 0 Å². The van der Waals surface area contributed by atoms with Crippen molar-refractivity contribution in [1.29, 1.82) is 0 Å². The van der Waals surface area contributed by atoms with Crippen molar-refractivity contribution in [1.82, 2.24) is 0 Å². The standard InChI is InChI=1S/C16H22O2/c1-2-13-7-6-10-15(11-13)18-12-16(17)14-8-4-3-5-9-14/h6-7,10-11,14H,2-5,8-9,12H2,1H3. The molecule has 18 heavy (non-hydrogen) atoms. The lowest BCUT2D eigenvalue weighted by Gasteiger charge is -2.20. The monoisotopic (exact) mass is 246 g/mol. The van der Waals surface area contributed by atoms with E-state index in [1.807, 2.05) is 18.2 Å². The smallest absolute Gasteiger partial charge is 0.173 e. The van der Waals surface area contributed by atoms with Crippen molar-refractivity contribution in [3.63, 3.8) is 0 Å². The van der Waals surface area contributed by atoms with E-state index in [9.17, 15) is 4.79 Å². The van der Waals surface area contributed by atoms with Crippen LogP contribution in [0.2, 0.25) is 0 Å². The van der Waals surface area contributed by atoms with Crippen LogP contribution < -0.4 is 4.74 Å². The third kappa shape index (κ3) is 3.59. The Morgan fingerprint density at radius 1 is 1.28 bits per heavy atom. The number of rotatable bonds is 5. The summed E-state index contributed by atoms with van der Waals surface area (Å²) in [5.74, 6) is 1.34. The Morgan fingerprint density at radius 2 is 2.06 bits per heavy atom. The molecule has 0 radical (unpaired) electrons. The fourth-order valence-electron chi connectivity index (χ4n) is 2.55. The van der Waals surface area contributed by atoms with Crippen molar-refractivity contribution in [3.8, 4) is 5.75 Å². The summed E-state index contributed by atoms with van der Waals surface area (Å²) < 4.78 is 5.61. The van der Waals surface area contributed by atoms with Crippen LogP contribution in [0.4, 0.5) is 0 Å². The number of ether oxygens (including phenoxy) is 1. The predicted molar refractivity (Wildman–Crippen MR) is 72.9 cm³/mol. The summed E-state index contributed by atoms with van der Waals surface area (Å²) in [6, 6.07) is 8.01. The van der Waals surface area contributed by atoms with Gasteiger partial charge in [0.05, 0.1) is 0 Å². The highest BCUT2D eigenvalue weighted by molar-refractivity contribution is 5.82. The van der Waals surface area contributed by atoms with Gasteiger partial charge in [0, 0.05) is 5.92 Å². The minimum Gasteiger partial charge on any atom is -0.486 e. The van der Waals surface area contributed by atoms with Gasteiger partial charge in [-0.05, 0) is 37.0 Å². The summed E-state index contributed by atoms with van der Waals surface area (Å²) in [4.78, 5) is 12.0. The molecule has 0 spiro atoms. The fraction of sp³-hybridized carbons (Fsp3) is 0.562. The molecule has 2 rings (SSSR count). The van der Waals surface area contributed by atoms with Gasteiger partial charge in [0.1, 0.15) is 12.4 Å². The van der Waals surface area contributed by atoms with Crippen molar-refractivity contribution in [2.75, 3.05) is 6.61 Å². The van der Waals surface area contributed by atoms with Crippen LogP contribution in [0.3, 0.4) is 0 Å². The van der Waals surface area contributed by atoms with E-state index in [0.717, 1.165) is 25.0 Å². The molecule has 98 valence electrons. The van der Waals surface area contributed by atoms with E-state index in [1.165, 1.54) is 24.8 Å². The second-order valence-electron chi connectivity index (χ2n) is 5.09. The zero-order valence-electron chi connectivity index (χ0n) is 11.2. The Balaban J connectivity index is 1.84. The summed E-state index contributed by atoms with van der Waals surface area (Å²) in [7, 11) is 0. The maximum absolute atomic E-state index is 12.0. The van der Waals surface area contributed by atoms with Gasteiger partial charge >= 0.3 is 0 Å². The average molecular weight is 246 g/mol. The number of hydrogen-bond acceptors (Lipinski definition) is 2. The highest BCUT2D eigenvalue weighted by Crippen LogP contribution is 2.24. The van der Waals surface area contributed by atoms with Gasteiger partial charge in [-0.3, -0.25) is 4.79 Å². The molecular weight excluding hydrogens is 224 g/mol. The summed E-state index contributed by atoms with van der Waals surface area (Å²) in [6.07, 6.45) is 6.77. The molecule has 0 bridgehead atoms. The fourth-order valence-corrected chi connectivity index (χ4v) is 2.55. The molecule has 0 heterocycles. The highest BCUT2D eigenvalue weighted by atomic mass is 16.5. The van der Waals surface area contributed by atoms with E-state index in [1.54, 1.807) is 0 Å². The molecule has 1 saturated carbocycles. The summed E-state index contributed by atoms with van der Waals surface area (Å²) in [5, 5.41) is 0. The molecule has 0 atom stereocenters. The molecule has 1 aliphatic carbocycles. The van der Waals surface area contributed by atoms with Gasteiger partial charge in [-0.15, -0.1) is 0 Å². The third-order valence-electron chi connectivity index (χ3n) is 3.75. The van der Waals surface area contributed by atoms with Crippen LogP contribution >= 0.6 is 0 Å². The SMILES string of the molecule is CCc1cccc(OCC(=O)C2CCCCC2)c1. The van der Waals surface area contributed by atoms with Gasteiger partial charge in [-0.1, -0.05) is 38.3 Å². The molecule has 1 fully saturated rings. The van der Waals surface area contributed by atoms with Crippen molar-refractivity contribution >= 4 is 5.78 Å². The van der Waals surface area contributed by atoms with Crippen LogP contribution in [-0.2, 0) is 11.2 Å². The molecule has 0 unspecified atom stereocenters. The first-order valence-corrected chi connectivity index (χ1v) is 7.04. The van der Waals surface area contributed by atoms with Crippen LogP contribution in [0, 0.1) is 5.92 Å². The number of aryl methyl sites for hydroxylation is 1. The molecule has 0 amide bonds. The number of ketones is 1. The Bertz CT molecular complexity index is 392. The molecule has 0 aromatic heterocycles. The number of benzene rings is 1. The Morgan fingerprint density at radius 3 is 2.78 bits per heavy atom. The Kier molecular flexibility index (Phi) is 4.80. The number of Topliss-reactive ketones (excluding diaryl/α,β-unsaturated/α-hetero) is 1. The van der Waals surface area contributed by atoms with Gasteiger partial charge < -0.3 is 4.74 Å².